The molecule has 3 fully saturated rings. The van der Waals surface area contributed by atoms with Crippen molar-refractivity contribution in [2.75, 3.05) is 13.1 Å². The van der Waals surface area contributed by atoms with Crippen LogP contribution in [0.5, 0.6) is 0 Å². The van der Waals surface area contributed by atoms with E-state index in [2.05, 4.69) is 22.0 Å². The molecule has 3 aliphatic rings. The topological polar surface area (TPSA) is 94.0 Å². The maximum atomic E-state index is 12.2. The van der Waals surface area contributed by atoms with E-state index in [0.717, 1.165) is 19.4 Å². The Morgan fingerprint density at radius 3 is 2.85 bits per heavy atom. The van der Waals surface area contributed by atoms with Gasteiger partial charge in [0.05, 0.1) is 12.1 Å². The Morgan fingerprint density at radius 1 is 1.45 bits per heavy atom. The molecule has 20 heavy (non-hydrogen) atoms. The summed E-state index contributed by atoms with van der Waals surface area (Å²) in [5.41, 5.74) is 0. The fourth-order valence-electron chi connectivity index (χ4n) is 3.56. The van der Waals surface area contributed by atoms with E-state index in [1.165, 1.54) is 6.42 Å². The summed E-state index contributed by atoms with van der Waals surface area (Å²) in [6.45, 7) is 1.58. The van der Waals surface area contributed by atoms with E-state index in [9.17, 15) is 14.9 Å². The van der Waals surface area contributed by atoms with Crippen LogP contribution in [0, 0.1) is 29.1 Å². The maximum Gasteiger partial charge on any atom is 0.238 e. The second-order valence-electron chi connectivity index (χ2n) is 6.09. The van der Waals surface area contributed by atoms with Crippen LogP contribution in [0.4, 0.5) is 0 Å². The molecule has 0 unspecified atom stereocenters. The largest absolute Gasteiger partial charge is 0.356 e. The van der Waals surface area contributed by atoms with Gasteiger partial charge in [0.25, 0.3) is 0 Å². The molecule has 2 aliphatic heterocycles. The Hall–Kier alpha value is -1.61. The van der Waals surface area contributed by atoms with Crippen LogP contribution in [0.25, 0.3) is 0 Å². The highest BCUT2D eigenvalue weighted by Crippen LogP contribution is 2.40. The standard InChI is InChI=1S/C14H20N4O2/c15-6-10(5-8-3-4-16-13(8)19)18-14(20)12-11-2-1-9(11)7-17-12/h8-12,17H,1-5,7H2,(H,16,19)(H,18,20)/t8-,9-,10-,11-,12-/m0/s1. The molecule has 3 N–H and O–H groups in total. The fraction of sp³-hybridized carbons (Fsp3) is 0.786. The molecule has 0 aromatic rings. The van der Waals surface area contributed by atoms with Gasteiger partial charge in [0.1, 0.15) is 6.04 Å². The summed E-state index contributed by atoms with van der Waals surface area (Å²) < 4.78 is 0. The molecule has 0 aromatic heterocycles. The van der Waals surface area contributed by atoms with Crippen LogP contribution in [0.15, 0.2) is 0 Å². The predicted octanol–water partition coefficient (Wildman–Crippen LogP) is -0.481. The first kappa shape index (κ1) is 13.4. The van der Waals surface area contributed by atoms with E-state index >= 15 is 0 Å². The van der Waals surface area contributed by atoms with Crippen molar-refractivity contribution in [1.82, 2.24) is 16.0 Å². The molecular weight excluding hydrogens is 256 g/mol. The summed E-state index contributed by atoms with van der Waals surface area (Å²) in [6, 6.07) is 1.39. The number of nitriles is 1. The molecule has 3 rings (SSSR count). The monoisotopic (exact) mass is 276 g/mol. The molecule has 0 radical (unpaired) electrons. The van der Waals surface area contributed by atoms with Crippen LogP contribution >= 0.6 is 0 Å². The first-order chi connectivity index (χ1) is 9.69. The zero-order valence-corrected chi connectivity index (χ0v) is 11.4. The number of carbonyl (C=O) groups is 2. The quantitative estimate of drug-likeness (QED) is 0.646. The molecule has 2 heterocycles. The average molecular weight is 276 g/mol. The predicted molar refractivity (Wildman–Crippen MR) is 71.3 cm³/mol. The minimum Gasteiger partial charge on any atom is -0.356 e. The number of nitrogens with zero attached hydrogens (tertiary/aromatic N) is 1. The van der Waals surface area contributed by atoms with Gasteiger partial charge in [0.15, 0.2) is 0 Å². The van der Waals surface area contributed by atoms with E-state index in [0.29, 0.717) is 24.8 Å². The van der Waals surface area contributed by atoms with Gasteiger partial charge in [-0.3, -0.25) is 9.59 Å². The molecule has 6 nitrogen and oxygen atoms in total. The van der Waals surface area contributed by atoms with Gasteiger partial charge in [-0.25, -0.2) is 0 Å². The van der Waals surface area contributed by atoms with Gasteiger partial charge in [0, 0.05) is 12.5 Å². The summed E-state index contributed by atoms with van der Waals surface area (Å²) >= 11 is 0. The van der Waals surface area contributed by atoms with Crippen molar-refractivity contribution in [2.24, 2.45) is 17.8 Å². The van der Waals surface area contributed by atoms with Gasteiger partial charge in [-0.15, -0.1) is 0 Å². The van der Waals surface area contributed by atoms with E-state index < -0.39 is 6.04 Å². The molecule has 2 amide bonds. The van der Waals surface area contributed by atoms with Gasteiger partial charge in [0.2, 0.25) is 11.8 Å². The first-order valence-electron chi connectivity index (χ1n) is 7.40. The average Bonchev–Trinajstić information content (AvgIpc) is 2.92. The Labute approximate surface area is 118 Å². The highest BCUT2D eigenvalue weighted by atomic mass is 16.2. The lowest BCUT2D eigenvalue weighted by atomic mass is 9.73. The smallest absolute Gasteiger partial charge is 0.238 e. The number of carbonyl (C=O) groups excluding carboxylic acids is 2. The minimum atomic E-state index is -0.572. The van der Waals surface area contributed by atoms with Gasteiger partial charge in [-0.05, 0) is 44.1 Å². The van der Waals surface area contributed by atoms with Gasteiger partial charge < -0.3 is 16.0 Å². The third-order valence-corrected chi connectivity index (χ3v) is 4.94. The van der Waals surface area contributed by atoms with Gasteiger partial charge in [-0.2, -0.15) is 5.26 Å². The number of fused-ring (bicyclic) bond motifs is 1. The highest BCUT2D eigenvalue weighted by molar-refractivity contribution is 5.84. The summed E-state index contributed by atoms with van der Waals surface area (Å²) in [6.07, 6.45) is 3.46. The Morgan fingerprint density at radius 2 is 2.30 bits per heavy atom. The first-order valence-corrected chi connectivity index (χ1v) is 7.40. The van der Waals surface area contributed by atoms with E-state index in [4.69, 9.17) is 0 Å². The highest BCUT2D eigenvalue weighted by Gasteiger charge is 2.45. The van der Waals surface area contributed by atoms with Crippen molar-refractivity contribution in [3.05, 3.63) is 0 Å². The van der Waals surface area contributed by atoms with E-state index in [1.807, 2.05) is 0 Å². The molecule has 2 saturated heterocycles. The van der Waals surface area contributed by atoms with Crippen molar-refractivity contribution in [3.8, 4) is 6.07 Å². The number of nitrogens with one attached hydrogen (secondary N) is 3. The fourth-order valence-corrected chi connectivity index (χ4v) is 3.56. The molecular formula is C14H20N4O2. The summed E-state index contributed by atoms with van der Waals surface area (Å²) in [7, 11) is 0. The van der Waals surface area contributed by atoms with Crippen molar-refractivity contribution in [3.63, 3.8) is 0 Å². The SMILES string of the molecule is N#C[C@H](C[C@@H]1CCNC1=O)NC(=O)[C@H]1NC[C@@H]2CC[C@@H]21. The minimum absolute atomic E-state index is 0.00227. The lowest BCUT2D eigenvalue weighted by molar-refractivity contribution is -0.126. The molecule has 1 saturated carbocycles. The third kappa shape index (κ3) is 2.38. The second-order valence-corrected chi connectivity index (χ2v) is 6.09. The molecule has 0 bridgehead atoms. The second kappa shape index (κ2) is 5.41. The van der Waals surface area contributed by atoms with Crippen LogP contribution < -0.4 is 16.0 Å². The van der Waals surface area contributed by atoms with Crippen LogP contribution in [-0.4, -0.2) is 37.0 Å². The van der Waals surface area contributed by atoms with Crippen LogP contribution in [0.2, 0.25) is 0 Å². The van der Waals surface area contributed by atoms with Gasteiger partial charge in [-0.1, -0.05) is 0 Å². The Kier molecular flexibility index (Phi) is 3.62. The molecule has 0 spiro atoms. The number of amides is 2. The van der Waals surface area contributed by atoms with Crippen LogP contribution in [0.3, 0.4) is 0 Å². The Balaban J connectivity index is 1.53. The van der Waals surface area contributed by atoms with Gasteiger partial charge >= 0.3 is 0 Å². The lowest BCUT2D eigenvalue weighted by Crippen LogP contribution is -2.49. The maximum absolute atomic E-state index is 12.2. The summed E-state index contributed by atoms with van der Waals surface area (Å²) in [5.74, 6) is 0.837. The van der Waals surface area contributed by atoms with E-state index in [1.54, 1.807) is 0 Å². The number of rotatable bonds is 4. The number of hydrogen-bond donors (Lipinski definition) is 3. The zero-order chi connectivity index (χ0) is 14.1. The van der Waals surface area contributed by atoms with Crippen molar-refractivity contribution < 1.29 is 9.59 Å². The van der Waals surface area contributed by atoms with Crippen molar-refractivity contribution in [1.29, 1.82) is 5.26 Å². The third-order valence-electron chi connectivity index (χ3n) is 4.94. The number of hydrogen-bond acceptors (Lipinski definition) is 4. The molecule has 5 atom stereocenters. The van der Waals surface area contributed by atoms with Crippen LogP contribution in [-0.2, 0) is 9.59 Å². The van der Waals surface area contributed by atoms with Crippen molar-refractivity contribution in [2.45, 2.75) is 37.8 Å². The Bertz CT molecular complexity index is 459. The normalized spacial score (nSPS) is 36.5. The summed E-state index contributed by atoms with van der Waals surface area (Å²) in [4.78, 5) is 23.8. The molecule has 108 valence electrons. The molecule has 1 aliphatic carbocycles. The summed E-state index contributed by atoms with van der Waals surface area (Å²) in [5, 5.41) is 18.0. The van der Waals surface area contributed by atoms with Crippen LogP contribution in [0.1, 0.15) is 25.7 Å². The molecule has 6 heteroatoms. The molecule has 0 aromatic carbocycles. The van der Waals surface area contributed by atoms with E-state index in [-0.39, 0.29) is 23.8 Å². The zero-order valence-electron chi connectivity index (χ0n) is 11.4. The lowest BCUT2D eigenvalue weighted by Gasteiger charge is -2.32. The van der Waals surface area contributed by atoms with Crippen molar-refractivity contribution >= 4 is 11.8 Å².